The van der Waals surface area contributed by atoms with Crippen LogP contribution in [-0.4, -0.2) is 26.8 Å². The van der Waals surface area contributed by atoms with Gasteiger partial charge in [0.05, 0.1) is 24.7 Å². The van der Waals surface area contributed by atoms with Crippen molar-refractivity contribution in [1.29, 1.82) is 0 Å². The maximum Gasteiger partial charge on any atom is 0.212 e. The highest BCUT2D eigenvalue weighted by molar-refractivity contribution is 5.76. The number of aromatic nitrogens is 3. The predicted octanol–water partition coefficient (Wildman–Crippen LogP) is 2.54. The van der Waals surface area contributed by atoms with Crippen LogP contribution >= 0.6 is 0 Å². The van der Waals surface area contributed by atoms with Crippen LogP contribution in [0.1, 0.15) is 24.4 Å². The van der Waals surface area contributed by atoms with Gasteiger partial charge in [-0.25, -0.2) is 9.97 Å². The molecule has 1 aromatic carbocycles. The second-order valence-electron chi connectivity index (χ2n) is 4.93. The third kappa shape index (κ3) is 2.60. The number of rotatable bonds is 4. The quantitative estimate of drug-likeness (QED) is 0.799. The van der Waals surface area contributed by atoms with Crippen LogP contribution in [0.4, 0.5) is 0 Å². The topological polar surface area (TPSA) is 60.2 Å². The zero-order chi connectivity index (χ0) is 14.8. The first kappa shape index (κ1) is 13.6. The number of aliphatic hydroxyl groups is 1. The van der Waals surface area contributed by atoms with E-state index in [1.54, 1.807) is 20.2 Å². The molecule has 2 aromatic heterocycles. The van der Waals surface area contributed by atoms with Crippen molar-refractivity contribution >= 4 is 11.0 Å². The smallest absolute Gasteiger partial charge is 0.212 e. The third-order valence-corrected chi connectivity index (χ3v) is 3.41. The van der Waals surface area contributed by atoms with Gasteiger partial charge >= 0.3 is 0 Å². The summed E-state index contributed by atoms with van der Waals surface area (Å²) in [5.41, 5.74) is 2.92. The Morgan fingerprint density at radius 3 is 2.71 bits per heavy atom. The number of hydrogen-bond acceptors (Lipinski definition) is 4. The van der Waals surface area contributed by atoms with Crippen LogP contribution in [0.3, 0.4) is 0 Å². The number of para-hydroxylation sites is 2. The molecule has 0 fully saturated rings. The van der Waals surface area contributed by atoms with E-state index in [0.29, 0.717) is 18.2 Å². The summed E-state index contributed by atoms with van der Waals surface area (Å²) in [5, 5.41) is 9.95. The molecular formula is C16H17N3O2. The molecule has 5 heteroatoms. The van der Waals surface area contributed by atoms with E-state index in [9.17, 15) is 5.11 Å². The van der Waals surface area contributed by atoms with Gasteiger partial charge in [0.15, 0.2) is 0 Å². The van der Waals surface area contributed by atoms with Crippen molar-refractivity contribution in [3.8, 4) is 5.88 Å². The number of fused-ring (bicyclic) bond motifs is 1. The van der Waals surface area contributed by atoms with Gasteiger partial charge < -0.3 is 14.4 Å². The number of methoxy groups -OCH3 is 1. The normalized spacial score (nSPS) is 12.5. The first-order valence-corrected chi connectivity index (χ1v) is 6.81. The lowest BCUT2D eigenvalue weighted by molar-refractivity contribution is 0.185. The third-order valence-electron chi connectivity index (χ3n) is 3.41. The van der Waals surface area contributed by atoms with Crippen molar-refractivity contribution in [3.05, 3.63) is 54.0 Å². The molecule has 1 atom stereocenters. The highest BCUT2D eigenvalue weighted by Crippen LogP contribution is 2.22. The summed E-state index contributed by atoms with van der Waals surface area (Å²) < 4.78 is 7.08. The van der Waals surface area contributed by atoms with Gasteiger partial charge in [0.25, 0.3) is 0 Å². The Bertz CT molecular complexity index is 748. The molecule has 2 heterocycles. The molecule has 0 aliphatic carbocycles. The highest BCUT2D eigenvalue weighted by atomic mass is 16.5. The van der Waals surface area contributed by atoms with Gasteiger partial charge in [-0.05, 0) is 24.6 Å². The minimum Gasteiger partial charge on any atom is -0.481 e. The molecule has 0 aliphatic rings. The average molecular weight is 283 g/mol. The van der Waals surface area contributed by atoms with Gasteiger partial charge in [-0.2, -0.15) is 0 Å². The number of nitrogens with zero attached hydrogens (tertiary/aromatic N) is 3. The van der Waals surface area contributed by atoms with E-state index in [0.717, 1.165) is 16.6 Å². The van der Waals surface area contributed by atoms with Crippen molar-refractivity contribution in [2.24, 2.45) is 0 Å². The summed E-state index contributed by atoms with van der Waals surface area (Å²) in [6.45, 7) is 2.34. The fourth-order valence-electron chi connectivity index (χ4n) is 2.39. The van der Waals surface area contributed by atoms with Crippen LogP contribution in [0.25, 0.3) is 11.0 Å². The molecule has 3 rings (SSSR count). The minimum atomic E-state index is -0.622. The molecule has 0 bridgehead atoms. The lowest BCUT2D eigenvalue weighted by Gasteiger charge is -2.11. The second-order valence-corrected chi connectivity index (χ2v) is 4.93. The molecule has 0 saturated heterocycles. The standard InChI is InChI=1S/C16H17N3O2/c1-11(20)16-18-13-5-3-4-6-14(13)19(16)10-12-7-8-15(21-2)17-9-12/h3-9,11,20H,10H2,1-2H3. The van der Waals surface area contributed by atoms with E-state index in [4.69, 9.17) is 4.74 Å². The largest absolute Gasteiger partial charge is 0.481 e. The minimum absolute atomic E-state index is 0.588. The van der Waals surface area contributed by atoms with E-state index in [2.05, 4.69) is 9.97 Å². The Kier molecular flexibility index (Phi) is 3.58. The molecule has 1 N–H and O–H groups in total. The number of hydrogen-bond donors (Lipinski definition) is 1. The molecule has 0 radical (unpaired) electrons. The van der Waals surface area contributed by atoms with Crippen molar-refractivity contribution in [2.75, 3.05) is 7.11 Å². The molecule has 0 amide bonds. The van der Waals surface area contributed by atoms with Gasteiger partial charge in [-0.1, -0.05) is 18.2 Å². The van der Waals surface area contributed by atoms with Crippen molar-refractivity contribution in [3.63, 3.8) is 0 Å². The summed E-state index contributed by atoms with van der Waals surface area (Å²) in [6, 6.07) is 11.7. The van der Waals surface area contributed by atoms with Crippen LogP contribution < -0.4 is 4.74 Å². The van der Waals surface area contributed by atoms with E-state index >= 15 is 0 Å². The SMILES string of the molecule is COc1ccc(Cn2c(C(C)O)nc3ccccc32)cn1. The molecule has 5 nitrogen and oxygen atoms in total. The summed E-state index contributed by atoms with van der Waals surface area (Å²) in [6.07, 6.45) is 1.16. The van der Waals surface area contributed by atoms with Gasteiger partial charge in [0, 0.05) is 12.3 Å². The van der Waals surface area contributed by atoms with E-state index in [-0.39, 0.29) is 0 Å². The summed E-state index contributed by atoms with van der Waals surface area (Å²) in [5.74, 6) is 1.25. The average Bonchev–Trinajstić information content (AvgIpc) is 2.87. The van der Waals surface area contributed by atoms with E-state index in [1.807, 2.05) is 41.0 Å². The highest BCUT2D eigenvalue weighted by Gasteiger charge is 2.14. The molecule has 0 aliphatic heterocycles. The number of ether oxygens (including phenoxy) is 1. The van der Waals surface area contributed by atoms with Crippen LogP contribution in [-0.2, 0) is 6.54 Å². The van der Waals surface area contributed by atoms with Crippen LogP contribution in [0.5, 0.6) is 5.88 Å². The van der Waals surface area contributed by atoms with Gasteiger partial charge in [-0.3, -0.25) is 0 Å². The lowest BCUT2D eigenvalue weighted by Crippen LogP contribution is -2.08. The Balaban J connectivity index is 2.03. The molecule has 0 spiro atoms. The summed E-state index contributed by atoms with van der Waals surface area (Å²) in [7, 11) is 1.59. The van der Waals surface area contributed by atoms with E-state index < -0.39 is 6.10 Å². The second kappa shape index (κ2) is 5.54. The first-order chi connectivity index (χ1) is 10.2. The zero-order valence-electron chi connectivity index (χ0n) is 12.0. The maximum absolute atomic E-state index is 9.95. The maximum atomic E-state index is 9.95. The van der Waals surface area contributed by atoms with Gasteiger partial charge in [0.2, 0.25) is 5.88 Å². The summed E-state index contributed by atoms with van der Waals surface area (Å²) >= 11 is 0. The molecule has 21 heavy (non-hydrogen) atoms. The molecule has 3 aromatic rings. The molecular weight excluding hydrogens is 266 g/mol. The first-order valence-electron chi connectivity index (χ1n) is 6.81. The number of benzene rings is 1. The Labute approximate surface area is 122 Å². The monoisotopic (exact) mass is 283 g/mol. The number of aliphatic hydroxyl groups excluding tert-OH is 1. The van der Waals surface area contributed by atoms with Crippen LogP contribution in [0.15, 0.2) is 42.6 Å². The van der Waals surface area contributed by atoms with Gasteiger partial charge in [0.1, 0.15) is 11.9 Å². The van der Waals surface area contributed by atoms with Gasteiger partial charge in [-0.15, -0.1) is 0 Å². The van der Waals surface area contributed by atoms with Crippen molar-refractivity contribution < 1.29 is 9.84 Å². The molecule has 0 saturated carbocycles. The van der Waals surface area contributed by atoms with Crippen molar-refractivity contribution in [2.45, 2.75) is 19.6 Å². The Morgan fingerprint density at radius 2 is 2.05 bits per heavy atom. The summed E-state index contributed by atoms with van der Waals surface area (Å²) in [4.78, 5) is 8.72. The van der Waals surface area contributed by atoms with Crippen LogP contribution in [0.2, 0.25) is 0 Å². The zero-order valence-corrected chi connectivity index (χ0v) is 12.0. The molecule has 108 valence electrons. The lowest BCUT2D eigenvalue weighted by atomic mass is 10.2. The number of pyridine rings is 1. The predicted molar refractivity (Wildman–Crippen MR) is 80.3 cm³/mol. The Hall–Kier alpha value is -2.40. The van der Waals surface area contributed by atoms with E-state index in [1.165, 1.54) is 0 Å². The Morgan fingerprint density at radius 1 is 1.24 bits per heavy atom. The fourth-order valence-corrected chi connectivity index (χ4v) is 2.39. The number of imidazole rings is 1. The fraction of sp³-hybridized carbons (Fsp3) is 0.250. The molecule has 1 unspecified atom stereocenters. The van der Waals surface area contributed by atoms with Crippen LogP contribution in [0, 0.1) is 0 Å². The van der Waals surface area contributed by atoms with Crippen molar-refractivity contribution in [1.82, 2.24) is 14.5 Å².